The lowest BCUT2D eigenvalue weighted by atomic mass is 9.93. The number of piperidine rings is 1. The Kier molecular flexibility index (Phi) is 5.24. The lowest BCUT2D eigenvalue weighted by molar-refractivity contribution is -0.797. The van der Waals surface area contributed by atoms with E-state index in [9.17, 15) is 5.21 Å². The van der Waals surface area contributed by atoms with Crippen molar-refractivity contribution in [3.8, 4) is 0 Å². The SMILES string of the molecule is CC1N=C(c2cc3ccccc3nc2N2CCC(NC3CCCCC3)CC2)[NH+]1[O-]. The second kappa shape index (κ2) is 8.01. The summed E-state index contributed by atoms with van der Waals surface area (Å²) >= 11 is 0. The molecule has 2 unspecified atom stereocenters. The van der Waals surface area contributed by atoms with Crippen molar-refractivity contribution in [2.75, 3.05) is 18.0 Å². The van der Waals surface area contributed by atoms with Crippen LogP contribution in [-0.4, -0.2) is 42.2 Å². The molecule has 0 spiro atoms. The van der Waals surface area contributed by atoms with Crippen molar-refractivity contribution in [1.82, 2.24) is 10.3 Å². The Morgan fingerprint density at radius 3 is 2.48 bits per heavy atom. The molecule has 6 heteroatoms. The molecule has 1 aromatic heterocycles. The predicted molar refractivity (Wildman–Crippen MR) is 117 cm³/mol. The molecule has 3 aliphatic rings. The Morgan fingerprint density at radius 1 is 1.03 bits per heavy atom. The third-order valence-corrected chi connectivity index (χ3v) is 6.77. The number of nitrogens with one attached hydrogen (secondary N) is 2. The number of benzene rings is 1. The summed E-state index contributed by atoms with van der Waals surface area (Å²) < 4.78 is 0. The second-order valence-electron chi connectivity index (χ2n) is 8.83. The van der Waals surface area contributed by atoms with E-state index in [4.69, 9.17) is 4.98 Å². The summed E-state index contributed by atoms with van der Waals surface area (Å²) in [6, 6.07) is 11.6. The fourth-order valence-corrected chi connectivity index (χ4v) is 5.03. The van der Waals surface area contributed by atoms with Gasteiger partial charge in [-0.1, -0.05) is 37.5 Å². The fraction of sp³-hybridized carbons (Fsp3) is 0.565. The molecule has 6 nitrogen and oxygen atoms in total. The molecule has 0 radical (unpaired) electrons. The molecule has 2 N–H and O–H groups in total. The number of pyridine rings is 1. The number of para-hydroxylation sites is 1. The highest BCUT2D eigenvalue weighted by atomic mass is 16.5. The number of hydrogen-bond donors (Lipinski definition) is 2. The molecule has 1 aromatic carbocycles. The number of anilines is 1. The molecule has 0 bridgehead atoms. The van der Waals surface area contributed by atoms with E-state index in [-0.39, 0.29) is 11.2 Å². The molecule has 1 aliphatic carbocycles. The third kappa shape index (κ3) is 3.77. The highest BCUT2D eigenvalue weighted by Crippen LogP contribution is 2.28. The predicted octanol–water partition coefficient (Wildman–Crippen LogP) is 2.61. The fourth-order valence-electron chi connectivity index (χ4n) is 5.03. The molecule has 29 heavy (non-hydrogen) atoms. The van der Waals surface area contributed by atoms with Crippen LogP contribution >= 0.6 is 0 Å². The van der Waals surface area contributed by atoms with Gasteiger partial charge in [0.15, 0.2) is 6.17 Å². The quantitative estimate of drug-likeness (QED) is 0.784. The lowest BCUT2D eigenvalue weighted by Crippen LogP contribution is -3.18. The van der Waals surface area contributed by atoms with Gasteiger partial charge in [0.2, 0.25) is 5.84 Å². The molecular formula is C23H31N5O. The summed E-state index contributed by atoms with van der Waals surface area (Å²) in [6.45, 7) is 3.81. The largest absolute Gasteiger partial charge is 0.626 e. The molecule has 2 atom stereocenters. The van der Waals surface area contributed by atoms with Gasteiger partial charge in [0.05, 0.1) is 11.1 Å². The summed E-state index contributed by atoms with van der Waals surface area (Å²) in [6.07, 6.45) is 8.84. The number of amidine groups is 1. The van der Waals surface area contributed by atoms with E-state index in [0.29, 0.717) is 17.9 Å². The first-order valence-corrected chi connectivity index (χ1v) is 11.2. The molecule has 2 aliphatic heterocycles. The van der Waals surface area contributed by atoms with E-state index in [2.05, 4.69) is 27.3 Å². The number of aliphatic imine (C=N–C) groups is 1. The van der Waals surface area contributed by atoms with Crippen LogP contribution in [0.1, 0.15) is 57.4 Å². The average Bonchev–Trinajstić information content (AvgIpc) is 2.77. The van der Waals surface area contributed by atoms with Crippen molar-refractivity contribution in [3.05, 3.63) is 41.1 Å². The van der Waals surface area contributed by atoms with Crippen LogP contribution in [0.25, 0.3) is 10.9 Å². The summed E-state index contributed by atoms with van der Waals surface area (Å²) in [7, 11) is 0. The number of rotatable bonds is 4. The van der Waals surface area contributed by atoms with Crippen molar-refractivity contribution in [1.29, 1.82) is 0 Å². The summed E-state index contributed by atoms with van der Waals surface area (Å²) in [5.74, 6) is 1.53. The minimum Gasteiger partial charge on any atom is -0.626 e. The number of quaternary nitrogens is 1. The van der Waals surface area contributed by atoms with E-state index >= 15 is 0 Å². The first-order chi connectivity index (χ1) is 14.2. The molecule has 2 aromatic rings. The maximum absolute atomic E-state index is 12.4. The van der Waals surface area contributed by atoms with E-state index in [0.717, 1.165) is 48.2 Å². The van der Waals surface area contributed by atoms with Crippen LogP contribution in [0, 0.1) is 5.21 Å². The summed E-state index contributed by atoms with van der Waals surface area (Å²) in [4.78, 5) is 11.9. The van der Waals surface area contributed by atoms with Gasteiger partial charge in [-0.2, -0.15) is 4.99 Å². The van der Waals surface area contributed by atoms with Crippen LogP contribution in [0.15, 0.2) is 35.3 Å². The summed E-state index contributed by atoms with van der Waals surface area (Å²) in [5, 5.41) is 17.5. The average molecular weight is 394 g/mol. The maximum Gasteiger partial charge on any atom is 0.239 e. The standard InChI is InChI=1S/C23H31N5O/c1-16-24-23(28(16)29)20-15-17-7-5-6-10-21(17)26-22(20)27-13-11-19(12-14-27)25-18-8-3-2-4-9-18/h5-7,10,15-16,18-19,25,28H,2-4,8-9,11-14H2,1H3. The maximum atomic E-state index is 12.4. The van der Waals surface area contributed by atoms with Crippen LogP contribution in [0.3, 0.4) is 0 Å². The Labute approximate surface area is 172 Å². The van der Waals surface area contributed by atoms with Crippen molar-refractivity contribution >= 4 is 22.6 Å². The van der Waals surface area contributed by atoms with Gasteiger partial charge in [-0.15, -0.1) is 0 Å². The number of hydroxylamine groups is 2. The number of hydrogen-bond acceptors (Lipinski definition) is 5. The minimum atomic E-state index is -0.213. The van der Waals surface area contributed by atoms with Gasteiger partial charge in [-0.25, -0.2) is 4.98 Å². The minimum absolute atomic E-state index is 0.136. The number of aromatic nitrogens is 1. The van der Waals surface area contributed by atoms with Crippen molar-refractivity contribution in [3.63, 3.8) is 0 Å². The first-order valence-electron chi connectivity index (χ1n) is 11.2. The monoisotopic (exact) mass is 393 g/mol. The molecule has 2 fully saturated rings. The Balaban J connectivity index is 1.36. The summed E-state index contributed by atoms with van der Waals surface area (Å²) in [5.41, 5.74) is 1.89. The van der Waals surface area contributed by atoms with Gasteiger partial charge in [-0.3, -0.25) is 0 Å². The van der Waals surface area contributed by atoms with Gasteiger partial charge in [0.25, 0.3) is 0 Å². The molecule has 5 rings (SSSR count). The Hall–Kier alpha value is -2.02. The van der Waals surface area contributed by atoms with E-state index < -0.39 is 0 Å². The topological polar surface area (TPSA) is 68.0 Å². The lowest BCUT2D eigenvalue weighted by Gasteiger charge is -2.39. The molecule has 154 valence electrons. The Morgan fingerprint density at radius 2 is 1.76 bits per heavy atom. The van der Waals surface area contributed by atoms with Gasteiger partial charge >= 0.3 is 0 Å². The zero-order chi connectivity index (χ0) is 19.8. The molecule has 1 saturated heterocycles. The van der Waals surface area contributed by atoms with Gasteiger partial charge in [0.1, 0.15) is 5.82 Å². The van der Waals surface area contributed by atoms with Gasteiger partial charge in [-0.05, 0) is 37.8 Å². The van der Waals surface area contributed by atoms with Crippen molar-refractivity contribution in [2.45, 2.75) is 70.1 Å². The number of nitrogens with zero attached hydrogens (tertiary/aromatic N) is 3. The van der Waals surface area contributed by atoms with E-state index in [1.165, 1.54) is 32.1 Å². The van der Waals surface area contributed by atoms with Crippen LogP contribution in [0.4, 0.5) is 5.82 Å². The Bertz CT molecular complexity index is 899. The van der Waals surface area contributed by atoms with E-state index in [1.54, 1.807) is 0 Å². The smallest absolute Gasteiger partial charge is 0.239 e. The van der Waals surface area contributed by atoms with E-state index in [1.807, 2.05) is 25.1 Å². The molecular weight excluding hydrogens is 362 g/mol. The highest BCUT2D eigenvalue weighted by molar-refractivity contribution is 6.02. The number of fused-ring (bicyclic) bond motifs is 1. The van der Waals surface area contributed by atoms with Crippen molar-refractivity contribution < 1.29 is 5.06 Å². The van der Waals surface area contributed by atoms with Crippen LogP contribution < -0.4 is 15.3 Å². The molecule has 0 amide bonds. The van der Waals surface area contributed by atoms with Gasteiger partial charge in [0, 0.05) is 37.5 Å². The first kappa shape index (κ1) is 19.0. The second-order valence-corrected chi connectivity index (χ2v) is 8.83. The van der Waals surface area contributed by atoms with Crippen LogP contribution in [0.2, 0.25) is 0 Å². The molecule has 3 heterocycles. The van der Waals surface area contributed by atoms with Gasteiger partial charge < -0.3 is 20.5 Å². The third-order valence-electron chi connectivity index (χ3n) is 6.77. The zero-order valence-corrected chi connectivity index (χ0v) is 17.2. The molecule has 1 saturated carbocycles. The van der Waals surface area contributed by atoms with Crippen molar-refractivity contribution in [2.24, 2.45) is 4.99 Å². The van der Waals surface area contributed by atoms with Crippen LogP contribution in [-0.2, 0) is 0 Å². The normalized spacial score (nSPS) is 26.4. The zero-order valence-electron chi connectivity index (χ0n) is 17.2. The van der Waals surface area contributed by atoms with Crippen LogP contribution in [0.5, 0.6) is 0 Å². The highest BCUT2D eigenvalue weighted by Gasteiger charge is 2.33.